The third-order valence-corrected chi connectivity index (χ3v) is 4.86. The number of methoxy groups -OCH3 is 1. The molecule has 0 spiro atoms. The molecular formula is C15H17NO4S. The largest absolute Gasteiger partial charge is 0.506 e. The van der Waals surface area contributed by atoms with E-state index in [0.29, 0.717) is 11.3 Å². The van der Waals surface area contributed by atoms with Crippen molar-refractivity contribution >= 4 is 15.7 Å². The highest BCUT2D eigenvalue weighted by atomic mass is 32.2. The molecule has 2 aromatic carbocycles. The highest BCUT2D eigenvalue weighted by Gasteiger charge is 2.20. The van der Waals surface area contributed by atoms with Gasteiger partial charge in [0.1, 0.15) is 11.5 Å². The molecule has 6 heteroatoms. The van der Waals surface area contributed by atoms with Gasteiger partial charge in [0.2, 0.25) is 0 Å². The Morgan fingerprint density at radius 3 is 2.33 bits per heavy atom. The maximum Gasteiger partial charge on any atom is 0.262 e. The Balaban J connectivity index is 2.46. The van der Waals surface area contributed by atoms with Gasteiger partial charge >= 0.3 is 0 Å². The smallest absolute Gasteiger partial charge is 0.262 e. The molecule has 0 saturated carbocycles. The Morgan fingerprint density at radius 2 is 1.71 bits per heavy atom. The van der Waals surface area contributed by atoms with E-state index in [0.717, 1.165) is 5.56 Å². The van der Waals surface area contributed by atoms with E-state index in [4.69, 9.17) is 4.74 Å². The van der Waals surface area contributed by atoms with Gasteiger partial charge < -0.3 is 9.84 Å². The predicted molar refractivity (Wildman–Crippen MR) is 81.4 cm³/mol. The fourth-order valence-corrected chi connectivity index (χ4v) is 3.42. The topological polar surface area (TPSA) is 75.6 Å². The van der Waals surface area contributed by atoms with Crippen LogP contribution in [0.2, 0.25) is 0 Å². The molecule has 0 fully saturated rings. The number of phenolic OH excluding ortho intramolecular Hbond substituents is 1. The summed E-state index contributed by atoms with van der Waals surface area (Å²) in [6, 6.07) is 9.29. The minimum Gasteiger partial charge on any atom is -0.506 e. The third-order valence-electron chi connectivity index (χ3n) is 3.35. The maximum absolute atomic E-state index is 12.5. The molecule has 0 unspecified atom stereocenters. The van der Waals surface area contributed by atoms with Crippen molar-refractivity contribution in [1.29, 1.82) is 0 Å². The van der Waals surface area contributed by atoms with Gasteiger partial charge in [0.05, 0.1) is 17.7 Å². The number of anilines is 1. The van der Waals surface area contributed by atoms with Crippen molar-refractivity contribution in [2.75, 3.05) is 11.8 Å². The zero-order chi connectivity index (χ0) is 15.6. The molecule has 0 heterocycles. The summed E-state index contributed by atoms with van der Waals surface area (Å²) in [5.74, 6) is 0.512. The molecular weight excluding hydrogens is 290 g/mol. The number of para-hydroxylation sites is 2. The van der Waals surface area contributed by atoms with E-state index in [-0.39, 0.29) is 16.3 Å². The highest BCUT2D eigenvalue weighted by Crippen LogP contribution is 2.30. The number of rotatable bonds is 4. The molecule has 0 aliphatic heterocycles. The van der Waals surface area contributed by atoms with Crippen molar-refractivity contribution in [1.82, 2.24) is 0 Å². The SMILES string of the molecule is COc1ccc(S(=O)(=O)Nc2ccccc2O)c(C)c1C. The molecule has 21 heavy (non-hydrogen) atoms. The lowest BCUT2D eigenvalue weighted by atomic mass is 10.1. The average Bonchev–Trinajstić information content (AvgIpc) is 2.44. The summed E-state index contributed by atoms with van der Waals surface area (Å²) >= 11 is 0. The summed E-state index contributed by atoms with van der Waals surface area (Å²) < 4.78 is 32.5. The number of aromatic hydroxyl groups is 1. The molecule has 2 aromatic rings. The standard InChI is InChI=1S/C15H17NO4S/c1-10-11(2)15(9-8-14(10)20-3)21(18,19)16-12-6-4-5-7-13(12)17/h4-9,16-17H,1-3H3. The average molecular weight is 307 g/mol. The number of benzene rings is 2. The van der Waals surface area contributed by atoms with Crippen molar-refractivity contribution in [2.45, 2.75) is 18.7 Å². The van der Waals surface area contributed by atoms with E-state index >= 15 is 0 Å². The van der Waals surface area contributed by atoms with Gasteiger partial charge in [0.25, 0.3) is 10.0 Å². The lowest BCUT2D eigenvalue weighted by Crippen LogP contribution is -2.15. The minimum absolute atomic E-state index is 0.121. The Labute approximate surface area is 124 Å². The van der Waals surface area contributed by atoms with Crippen LogP contribution in [0.25, 0.3) is 0 Å². The number of sulfonamides is 1. The normalized spacial score (nSPS) is 11.2. The van der Waals surface area contributed by atoms with Crippen LogP contribution in [0.5, 0.6) is 11.5 Å². The van der Waals surface area contributed by atoms with Gasteiger partial charge in [-0.2, -0.15) is 0 Å². The molecule has 0 radical (unpaired) electrons. The summed E-state index contributed by atoms with van der Waals surface area (Å²) in [6.07, 6.45) is 0. The van der Waals surface area contributed by atoms with E-state index in [2.05, 4.69) is 4.72 Å². The first-order valence-electron chi connectivity index (χ1n) is 6.32. The summed E-state index contributed by atoms with van der Waals surface area (Å²) in [6.45, 7) is 3.52. The molecule has 5 nitrogen and oxygen atoms in total. The molecule has 112 valence electrons. The molecule has 0 aromatic heterocycles. The second kappa shape index (κ2) is 5.65. The van der Waals surface area contributed by atoms with E-state index in [9.17, 15) is 13.5 Å². The molecule has 2 N–H and O–H groups in total. The molecule has 0 amide bonds. The van der Waals surface area contributed by atoms with Crippen LogP contribution in [0.1, 0.15) is 11.1 Å². The van der Waals surface area contributed by atoms with E-state index < -0.39 is 10.0 Å². The highest BCUT2D eigenvalue weighted by molar-refractivity contribution is 7.92. The van der Waals surface area contributed by atoms with E-state index in [1.165, 1.54) is 25.3 Å². The fourth-order valence-electron chi connectivity index (χ4n) is 2.04. The first-order valence-corrected chi connectivity index (χ1v) is 7.80. The van der Waals surface area contributed by atoms with Gasteiger partial charge in [0, 0.05) is 0 Å². The quantitative estimate of drug-likeness (QED) is 0.852. The van der Waals surface area contributed by atoms with Crippen LogP contribution in [-0.2, 0) is 10.0 Å². The van der Waals surface area contributed by atoms with Gasteiger partial charge in [-0.25, -0.2) is 8.42 Å². The number of nitrogens with one attached hydrogen (secondary N) is 1. The van der Waals surface area contributed by atoms with Crippen molar-refractivity contribution in [3.8, 4) is 11.5 Å². The molecule has 0 aliphatic carbocycles. The predicted octanol–water partition coefficient (Wildman–Crippen LogP) is 2.82. The van der Waals surface area contributed by atoms with Gasteiger partial charge in [-0.15, -0.1) is 0 Å². The molecule has 0 saturated heterocycles. The summed E-state index contributed by atoms with van der Waals surface area (Å²) in [4.78, 5) is 0.157. The zero-order valence-electron chi connectivity index (χ0n) is 12.0. The third kappa shape index (κ3) is 2.95. The second-order valence-electron chi connectivity index (χ2n) is 4.64. The van der Waals surface area contributed by atoms with Gasteiger partial charge in [0.15, 0.2) is 0 Å². The van der Waals surface area contributed by atoms with Gasteiger partial charge in [-0.05, 0) is 49.2 Å². The Hall–Kier alpha value is -2.21. The van der Waals surface area contributed by atoms with Crippen molar-refractivity contribution in [3.63, 3.8) is 0 Å². The Kier molecular flexibility index (Phi) is 4.09. The molecule has 0 aliphatic rings. The van der Waals surface area contributed by atoms with Crippen LogP contribution in [0, 0.1) is 13.8 Å². The van der Waals surface area contributed by atoms with Crippen molar-refractivity contribution in [2.24, 2.45) is 0 Å². The van der Waals surface area contributed by atoms with E-state index in [1.807, 2.05) is 0 Å². The first kappa shape index (κ1) is 15.2. The molecule has 2 rings (SSSR count). The molecule has 0 bridgehead atoms. The number of phenols is 1. The lowest BCUT2D eigenvalue weighted by Gasteiger charge is -2.14. The Morgan fingerprint density at radius 1 is 1.05 bits per heavy atom. The second-order valence-corrected chi connectivity index (χ2v) is 6.29. The van der Waals surface area contributed by atoms with Gasteiger partial charge in [-0.1, -0.05) is 12.1 Å². The van der Waals surface area contributed by atoms with Crippen molar-refractivity contribution < 1.29 is 18.3 Å². The minimum atomic E-state index is -3.78. The van der Waals surface area contributed by atoms with E-state index in [1.54, 1.807) is 32.0 Å². The Bertz CT molecular complexity index is 769. The number of hydrogen-bond acceptors (Lipinski definition) is 4. The maximum atomic E-state index is 12.5. The van der Waals surface area contributed by atoms with Crippen LogP contribution >= 0.6 is 0 Å². The lowest BCUT2D eigenvalue weighted by molar-refractivity contribution is 0.410. The summed E-state index contributed by atoms with van der Waals surface area (Å²) in [7, 11) is -2.24. The number of hydrogen-bond donors (Lipinski definition) is 2. The van der Waals surface area contributed by atoms with Crippen molar-refractivity contribution in [3.05, 3.63) is 47.5 Å². The molecule has 0 atom stereocenters. The first-order chi connectivity index (χ1) is 9.86. The van der Waals surface area contributed by atoms with Crippen LogP contribution in [0.15, 0.2) is 41.3 Å². The summed E-state index contributed by atoms with van der Waals surface area (Å²) in [5, 5.41) is 9.68. The van der Waals surface area contributed by atoms with Gasteiger partial charge in [-0.3, -0.25) is 4.72 Å². The zero-order valence-corrected chi connectivity index (χ0v) is 12.9. The fraction of sp³-hybridized carbons (Fsp3) is 0.200. The monoisotopic (exact) mass is 307 g/mol. The van der Waals surface area contributed by atoms with Crippen LogP contribution in [0.4, 0.5) is 5.69 Å². The van der Waals surface area contributed by atoms with Crippen LogP contribution in [-0.4, -0.2) is 20.6 Å². The number of ether oxygens (including phenoxy) is 1. The van der Waals surface area contributed by atoms with Crippen LogP contribution in [0.3, 0.4) is 0 Å². The summed E-state index contributed by atoms with van der Waals surface area (Å²) in [5.41, 5.74) is 1.51. The van der Waals surface area contributed by atoms with Crippen LogP contribution < -0.4 is 9.46 Å².